The van der Waals surface area contributed by atoms with E-state index in [1.807, 2.05) is 31.2 Å². The second-order valence-electron chi connectivity index (χ2n) is 5.02. The highest BCUT2D eigenvalue weighted by molar-refractivity contribution is 5.39. The lowest BCUT2D eigenvalue weighted by atomic mass is 10.1. The zero-order chi connectivity index (χ0) is 13.0. The van der Waals surface area contributed by atoms with Crippen molar-refractivity contribution in [3.05, 3.63) is 24.3 Å². The summed E-state index contributed by atoms with van der Waals surface area (Å²) in [6.45, 7) is 4.98. The van der Waals surface area contributed by atoms with Crippen LogP contribution in [0.3, 0.4) is 0 Å². The number of ether oxygens (including phenoxy) is 2. The number of benzene rings is 1. The van der Waals surface area contributed by atoms with Gasteiger partial charge in [0.25, 0.3) is 0 Å². The maximum atomic E-state index is 9.86. The fraction of sp³-hybridized carbons (Fsp3) is 0.571. The molecule has 1 aromatic rings. The van der Waals surface area contributed by atoms with Crippen LogP contribution >= 0.6 is 0 Å². The molecule has 1 heterocycles. The molecule has 1 saturated heterocycles. The number of aliphatic hydroxyl groups is 1. The summed E-state index contributed by atoms with van der Waals surface area (Å²) in [5.74, 6) is 1.52. The first-order chi connectivity index (χ1) is 8.61. The quantitative estimate of drug-likeness (QED) is 0.861. The summed E-state index contributed by atoms with van der Waals surface area (Å²) < 4.78 is 10.9. The molecule has 1 atom stereocenters. The highest BCUT2D eigenvalue weighted by Crippen LogP contribution is 2.26. The van der Waals surface area contributed by atoms with E-state index in [4.69, 9.17) is 9.47 Å². The zero-order valence-corrected chi connectivity index (χ0v) is 11.1. The normalized spacial score (nSPS) is 24.2. The van der Waals surface area contributed by atoms with E-state index < -0.39 is 5.60 Å². The Kier molecular flexibility index (Phi) is 4.09. The number of methoxy groups -OCH3 is 1. The molecule has 100 valence electrons. The van der Waals surface area contributed by atoms with Crippen LogP contribution in [0.15, 0.2) is 24.3 Å². The molecule has 0 spiro atoms. The summed E-state index contributed by atoms with van der Waals surface area (Å²) >= 11 is 0. The minimum atomic E-state index is -0.537. The number of hydrogen-bond acceptors (Lipinski definition) is 4. The lowest BCUT2D eigenvalue weighted by Gasteiger charge is -2.19. The molecule has 1 aromatic carbocycles. The van der Waals surface area contributed by atoms with Gasteiger partial charge in [0.2, 0.25) is 0 Å². The predicted octanol–water partition coefficient (Wildman–Crippen LogP) is 1.53. The van der Waals surface area contributed by atoms with Crippen LogP contribution in [-0.4, -0.2) is 49.0 Å². The maximum absolute atomic E-state index is 9.86. The molecule has 0 radical (unpaired) electrons. The number of β-amino-alcohol motifs (C(OH)–C–C–N with tert-alkyl or cyclic N) is 1. The number of nitrogens with zero attached hydrogens (tertiary/aromatic N) is 1. The summed E-state index contributed by atoms with van der Waals surface area (Å²) in [6.07, 6.45) is 0.835. The number of hydrogen-bond donors (Lipinski definition) is 1. The molecule has 1 N–H and O–H groups in total. The van der Waals surface area contributed by atoms with Gasteiger partial charge in [-0.05, 0) is 25.5 Å². The first kappa shape index (κ1) is 13.2. The van der Waals surface area contributed by atoms with Crippen molar-refractivity contribution in [2.45, 2.75) is 18.9 Å². The third-order valence-electron chi connectivity index (χ3n) is 3.27. The van der Waals surface area contributed by atoms with Gasteiger partial charge in [-0.15, -0.1) is 0 Å². The van der Waals surface area contributed by atoms with Crippen LogP contribution in [0.5, 0.6) is 11.5 Å². The summed E-state index contributed by atoms with van der Waals surface area (Å²) in [6, 6.07) is 7.64. The summed E-state index contributed by atoms with van der Waals surface area (Å²) in [5.41, 5.74) is -0.537. The fourth-order valence-electron chi connectivity index (χ4n) is 2.25. The van der Waals surface area contributed by atoms with Gasteiger partial charge in [-0.1, -0.05) is 12.1 Å². The Bertz CT molecular complexity index is 392. The Morgan fingerprint density at radius 1 is 1.33 bits per heavy atom. The fourth-order valence-corrected chi connectivity index (χ4v) is 2.25. The Labute approximate surface area is 108 Å². The molecule has 4 heteroatoms. The smallest absolute Gasteiger partial charge is 0.161 e. The van der Waals surface area contributed by atoms with Crippen LogP contribution in [0.2, 0.25) is 0 Å². The number of rotatable bonds is 5. The molecule has 2 rings (SSSR count). The molecule has 1 aliphatic rings. The van der Waals surface area contributed by atoms with Crippen LogP contribution in [0.4, 0.5) is 0 Å². The van der Waals surface area contributed by atoms with Crippen molar-refractivity contribution >= 4 is 0 Å². The molecule has 0 bridgehead atoms. The molecule has 4 nitrogen and oxygen atoms in total. The van der Waals surface area contributed by atoms with Crippen molar-refractivity contribution in [3.8, 4) is 11.5 Å². The van der Waals surface area contributed by atoms with Gasteiger partial charge in [-0.3, -0.25) is 4.90 Å². The van der Waals surface area contributed by atoms with Gasteiger partial charge < -0.3 is 14.6 Å². The molecule has 18 heavy (non-hydrogen) atoms. The third-order valence-corrected chi connectivity index (χ3v) is 3.27. The first-order valence-corrected chi connectivity index (χ1v) is 6.31. The van der Waals surface area contributed by atoms with E-state index in [0.717, 1.165) is 37.6 Å². The average molecular weight is 251 g/mol. The number of likely N-dealkylation sites (tertiary alicyclic amines) is 1. The van der Waals surface area contributed by atoms with Crippen LogP contribution in [0.1, 0.15) is 13.3 Å². The van der Waals surface area contributed by atoms with Gasteiger partial charge in [-0.25, -0.2) is 0 Å². The number of para-hydroxylation sites is 2. The van der Waals surface area contributed by atoms with Gasteiger partial charge in [0.15, 0.2) is 11.5 Å². The van der Waals surface area contributed by atoms with Crippen molar-refractivity contribution in [3.63, 3.8) is 0 Å². The molecule has 0 aliphatic carbocycles. The Hall–Kier alpha value is -1.26. The predicted molar refractivity (Wildman–Crippen MR) is 70.2 cm³/mol. The Balaban J connectivity index is 1.79. The standard InChI is InChI=1S/C14H21NO3/c1-14(16)7-8-15(11-14)9-10-18-13-6-4-3-5-12(13)17-2/h3-6,16H,7-11H2,1-2H3. The largest absolute Gasteiger partial charge is 0.493 e. The molecular formula is C14H21NO3. The lowest BCUT2D eigenvalue weighted by molar-refractivity contribution is 0.0669. The van der Waals surface area contributed by atoms with E-state index >= 15 is 0 Å². The molecular weight excluding hydrogens is 230 g/mol. The topological polar surface area (TPSA) is 41.9 Å². The van der Waals surface area contributed by atoms with Crippen LogP contribution in [-0.2, 0) is 0 Å². The summed E-state index contributed by atoms with van der Waals surface area (Å²) in [7, 11) is 1.64. The second-order valence-corrected chi connectivity index (χ2v) is 5.02. The van der Waals surface area contributed by atoms with Gasteiger partial charge in [0, 0.05) is 19.6 Å². The summed E-state index contributed by atoms with van der Waals surface area (Å²) in [5, 5.41) is 9.86. The zero-order valence-electron chi connectivity index (χ0n) is 11.1. The average Bonchev–Trinajstić information content (AvgIpc) is 2.69. The lowest BCUT2D eigenvalue weighted by Crippen LogP contribution is -2.32. The third kappa shape index (κ3) is 3.37. The van der Waals surface area contributed by atoms with E-state index in [1.54, 1.807) is 7.11 Å². The monoisotopic (exact) mass is 251 g/mol. The van der Waals surface area contributed by atoms with Crippen molar-refractivity contribution in [2.75, 3.05) is 33.4 Å². The molecule has 0 saturated carbocycles. The minimum absolute atomic E-state index is 0.537. The van der Waals surface area contributed by atoms with Crippen molar-refractivity contribution in [2.24, 2.45) is 0 Å². The molecule has 1 fully saturated rings. The van der Waals surface area contributed by atoms with Crippen LogP contribution in [0, 0.1) is 0 Å². The molecule has 1 unspecified atom stereocenters. The van der Waals surface area contributed by atoms with Crippen molar-refractivity contribution in [1.29, 1.82) is 0 Å². The molecule has 0 aromatic heterocycles. The maximum Gasteiger partial charge on any atom is 0.161 e. The SMILES string of the molecule is COc1ccccc1OCCN1CCC(C)(O)C1. The highest BCUT2D eigenvalue weighted by atomic mass is 16.5. The highest BCUT2D eigenvalue weighted by Gasteiger charge is 2.30. The summed E-state index contributed by atoms with van der Waals surface area (Å²) in [4.78, 5) is 2.22. The van der Waals surface area contributed by atoms with E-state index in [0.29, 0.717) is 6.61 Å². The van der Waals surface area contributed by atoms with Gasteiger partial charge in [0.1, 0.15) is 6.61 Å². The minimum Gasteiger partial charge on any atom is -0.493 e. The van der Waals surface area contributed by atoms with Gasteiger partial charge in [0.05, 0.1) is 12.7 Å². The van der Waals surface area contributed by atoms with Crippen LogP contribution in [0.25, 0.3) is 0 Å². The van der Waals surface area contributed by atoms with Gasteiger partial charge in [-0.2, -0.15) is 0 Å². The van der Waals surface area contributed by atoms with Crippen molar-refractivity contribution in [1.82, 2.24) is 4.90 Å². The van der Waals surface area contributed by atoms with Gasteiger partial charge >= 0.3 is 0 Å². The van der Waals surface area contributed by atoms with E-state index in [9.17, 15) is 5.11 Å². The Morgan fingerprint density at radius 2 is 2.06 bits per heavy atom. The molecule has 0 amide bonds. The first-order valence-electron chi connectivity index (χ1n) is 6.31. The van der Waals surface area contributed by atoms with E-state index in [-0.39, 0.29) is 0 Å². The van der Waals surface area contributed by atoms with Crippen molar-refractivity contribution < 1.29 is 14.6 Å². The second kappa shape index (κ2) is 5.59. The van der Waals surface area contributed by atoms with E-state index in [2.05, 4.69) is 4.90 Å². The Morgan fingerprint density at radius 3 is 2.67 bits per heavy atom. The van der Waals surface area contributed by atoms with Crippen LogP contribution < -0.4 is 9.47 Å². The molecule has 1 aliphatic heterocycles. The van der Waals surface area contributed by atoms with E-state index in [1.165, 1.54) is 0 Å².